The van der Waals surface area contributed by atoms with Gasteiger partial charge in [-0.3, -0.25) is 9.59 Å². The van der Waals surface area contributed by atoms with Crippen LogP contribution in [0, 0.1) is 17.7 Å². The van der Waals surface area contributed by atoms with Crippen molar-refractivity contribution in [1.29, 1.82) is 0 Å². The number of carbonyl (C=O) groups is 2. The number of halogens is 1. The molecule has 5 heteroatoms. The summed E-state index contributed by atoms with van der Waals surface area (Å²) in [6, 6.07) is 5.54. The largest absolute Gasteiger partial charge is 0.481 e. The number of nitrogens with zero attached hydrogens (tertiary/aromatic N) is 1. The minimum Gasteiger partial charge on any atom is -0.481 e. The van der Waals surface area contributed by atoms with Crippen LogP contribution < -0.4 is 0 Å². The Labute approximate surface area is 123 Å². The summed E-state index contributed by atoms with van der Waals surface area (Å²) in [4.78, 5) is 25.0. The Morgan fingerprint density at radius 2 is 1.95 bits per heavy atom. The van der Waals surface area contributed by atoms with Gasteiger partial charge in [-0.05, 0) is 42.5 Å². The van der Waals surface area contributed by atoms with Gasteiger partial charge in [0.2, 0.25) is 0 Å². The molecule has 0 radical (unpaired) electrons. The number of amides is 1. The number of aliphatic carboxylic acids is 1. The predicted molar refractivity (Wildman–Crippen MR) is 76.4 cm³/mol. The summed E-state index contributed by atoms with van der Waals surface area (Å²) in [6.45, 7) is 3.15. The van der Waals surface area contributed by atoms with Gasteiger partial charge in [-0.2, -0.15) is 0 Å². The molecule has 1 saturated heterocycles. The molecule has 0 bridgehead atoms. The average molecular weight is 293 g/mol. The zero-order valence-electron chi connectivity index (χ0n) is 12.1. The number of hydrogen-bond donors (Lipinski definition) is 1. The van der Waals surface area contributed by atoms with E-state index < -0.39 is 5.97 Å². The maximum Gasteiger partial charge on any atom is 0.303 e. The van der Waals surface area contributed by atoms with Crippen LogP contribution in [0.4, 0.5) is 4.39 Å². The molecule has 1 fully saturated rings. The molecule has 1 amide bonds. The molecule has 1 heterocycles. The highest BCUT2D eigenvalue weighted by Crippen LogP contribution is 2.29. The maximum absolute atomic E-state index is 12.9. The van der Waals surface area contributed by atoms with E-state index in [-0.39, 0.29) is 30.0 Å². The lowest BCUT2D eigenvalue weighted by atomic mass is 9.81. The van der Waals surface area contributed by atoms with Crippen molar-refractivity contribution in [3.05, 3.63) is 35.6 Å². The van der Waals surface area contributed by atoms with Gasteiger partial charge >= 0.3 is 5.97 Å². The molecule has 0 saturated carbocycles. The number of piperidine rings is 1. The molecule has 1 N–H and O–H groups in total. The Kier molecular flexibility index (Phi) is 4.94. The average Bonchev–Trinajstić information content (AvgIpc) is 2.47. The van der Waals surface area contributed by atoms with Gasteiger partial charge in [0, 0.05) is 25.1 Å². The SMILES string of the molecule is CC[C@H]1CN(C(=O)c2ccc(F)cc2)CC[C@H]1CC(=O)O. The summed E-state index contributed by atoms with van der Waals surface area (Å²) >= 11 is 0. The number of rotatable bonds is 4. The summed E-state index contributed by atoms with van der Waals surface area (Å²) in [5.41, 5.74) is 0.475. The maximum atomic E-state index is 12.9. The van der Waals surface area contributed by atoms with Gasteiger partial charge in [-0.25, -0.2) is 4.39 Å². The Hall–Kier alpha value is -1.91. The van der Waals surface area contributed by atoms with Crippen LogP contribution in [0.15, 0.2) is 24.3 Å². The first-order valence-electron chi connectivity index (χ1n) is 7.28. The van der Waals surface area contributed by atoms with Crippen molar-refractivity contribution in [3.63, 3.8) is 0 Å². The van der Waals surface area contributed by atoms with Crippen molar-refractivity contribution >= 4 is 11.9 Å². The van der Waals surface area contributed by atoms with Crippen LogP contribution >= 0.6 is 0 Å². The lowest BCUT2D eigenvalue weighted by Gasteiger charge is -2.37. The van der Waals surface area contributed by atoms with Crippen LogP contribution in [0.5, 0.6) is 0 Å². The van der Waals surface area contributed by atoms with E-state index in [9.17, 15) is 14.0 Å². The Balaban J connectivity index is 2.04. The normalized spacial score (nSPS) is 22.1. The van der Waals surface area contributed by atoms with E-state index in [1.165, 1.54) is 24.3 Å². The number of likely N-dealkylation sites (tertiary alicyclic amines) is 1. The molecule has 0 spiro atoms. The van der Waals surface area contributed by atoms with Crippen molar-refractivity contribution in [2.45, 2.75) is 26.2 Å². The fourth-order valence-electron chi connectivity index (χ4n) is 3.00. The number of carboxylic acids is 1. The zero-order valence-corrected chi connectivity index (χ0v) is 12.1. The van der Waals surface area contributed by atoms with Crippen LogP contribution in [-0.2, 0) is 4.79 Å². The number of carbonyl (C=O) groups excluding carboxylic acids is 1. The second kappa shape index (κ2) is 6.70. The van der Waals surface area contributed by atoms with Crippen molar-refractivity contribution in [1.82, 2.24) is 4.90 Å². The van der Waals surface area contributed by atoms with E-state index in [0.29, 0.717) is 25.1 Å². The third-order valence-corrected chi connectivity index (χ3v) is 4.23. The van der Waals surface area contributed by atoms with E-state index in [1.807, 2.05) is 6.92 Å². The standard InChI is InChI=1S/C16H20FNO3/c1-2-11-10-18(8-7-13(11)9-15(19)20)16(21)12-3-5-14(17)6-4-12/h3-6,11,13H,2,7-10H2,1H3,(H,19,20)/t11-,13-/m0/s1. The summed E-state index contributed by atoms with van der Waals surface area (Å²) in [5, 5.41) is 8.94. The molecule has 1 aromatic carbocycles. The first-order chi connectivity index (χ1) is 10.0. The van der Waals surface area contributed by atoms with E-state index in [4.69, 9.17) is 5.11 Å². The van der Waals surface area contributed by atoms with Gasteiger partial charge in [0.1, 0.15) is 5.82 Å². The van der Waals surface area contributed by atoms with E-state index >= 15 is 0 Å². The monoisotopic (exact) mass is 293 g/mol. The van der Waals surface area contributed by atoms with E-state index in [1.54, 1.807) is 4.90 Å². The molecule has 114 valence electrons. The van der Waals surface area contributed by atoms with Crippen LogP contribution in [0.25, 0.3) is 0 Å². The Morgan fingerprint density at radius 3 is 2.52 bits per heavy atom. The molecule has 1 aliphatic rings. The van der Waals surface area contributed by atoms with Gasteiger partial charge in [-0.15, -0.1) is 0 Å². The molecule has 2 rings (SSSR count). The van der Waals surface area contributed by atoms with Gasteiger partial charge in [0.05, 0.1) is 0 Å². The van der Waals surface area contributed by atoms with Gasteiger partial charge in [0.25, 0.3) is 5.91 Å². The zero-order chi connectivity index (χ0) is 15.4. The third-order valence-electron chi connectivity index (χ3n) is 4.23. The summed E-state index contributed by atoms with van der Waals surface area (Å²) < 4.78 is 12.9. The van der Waals surface area contributed by atoms with Gasteiger partial charge in [-0.1, -0.05) is 13.3 Å². The summed E-state index contributed by atoms with van der Waals surface area (Å²) in [6.07, 6.45) is 1.72. The van der Waals surface area contributed by atoms with Crippen molar-refractivity contribution in [3.8, 4) is 0 Å². The van der Waals surface area contributed by atoms with Crippen molar-refractivity contribution in [2.24, 2.45) is 11.8 Å². The molecule has 1 aliphatic heterocycles. The fraction of sp³-hybridized carbons (Fsp3) is 0.500. The highest BCUT2D eigenvalue weighted by Gasteiger charge is 2.31. The molecular formula is C16H20FNO3. The van der Waals surface area contributed by atoms with Crippen molar-refractivity contribution < 1.29 is 19.1 Å². The highest BCUT2D eigenvalue weighted by atomic mass is 19.1. The molecule has 0 aromatic heterocycles. The number of hydrogen-bond acceptors (Lipinski definition) is 2. The minimum atomic E-state index is -0.781. The first-order valence-corrected chi connectivity index (χ1v) is 7.28. The quantitative estimate of drug-likeness (QED) is 0.928. The lowest BCUT2D eigenvalue weighted by Crippen LogP contribution is -2.44. The van der Waals surface area contributed by atoms with E-state index in [2.05, 4.69) is 0 Å². The van der Waals surface area contributed by atoms with Gasteiger partial charge < -0.3 is 10.0 Å². The summed E-state index contributed by atoms with van der Waals surface area (Å²) in [7, 11) is 0. The first kappa shape index (κ1) is 15.5. The highest BCUT2D eigenvalue weighted by molar-refractivity contribution is 5.94. The smallest absolute Gasteiger partial charge is 0.303 e. The fourth-order valence-corrected chi connectivity index (χ4v) is 3.00. The van der Waals surface area contributed by atoms with Gasteiger partial charge in [0.15, 0.2) is 0 Å². The Bertz CT molecular complexity index is 515. The van der Waals surface area contributed by atoms with Crippen molar-refractivity contribution in [2.75, 3.05) is 13.1 Å². The molecule has 0 aliphatic carbocycles. The Morgan fingerprint density at radius 1 is 1.29 bits per heavy atom. The number of benzene rings is 1. The van der Waals surface area contributed by atoms with Crippen LogP contribution in [0.3, 0.4) is 0 Å². The minimum absolute atomic E-state index is 0.109. The second-order valence-corrected chi connectivity index (χ2v) is 5.57. The second-order valence-electron chi connectivity index (χ2n) is 5.57. The topological polar surface area (TPSA) is 57.6 Å². The number of carboxylic acid groups (broad SMARTS) is 1. The third kappa shape index (κ3) is 3.80. The molecule has 4 nitrogen and oxygen atoms in total. The van der Waals surface area contributed by atoms with E-state index in [0.717, 1.165) is 6.42 Å². The molecule has 21 heavy (non-hydrogen) atoms. The van der Waals surface area contributed by atoms with Crippen LogP contribution in [0.2, 0.25) is 0 Å². The molecule has 2 atom stereocenters. The summed E-state index contributed by atoms with van der Waals surface area (Å²) in [5.74, 6) is -0.916. The van der Waals surface area contributed by atoms with Crippen LogP contribution in [0.1, 0.15) is 36.5 Å². The molecule has 1 aromatic rings. The lowest BCUT2D eigenvalue weighted by molar-refractivity contribution is -0.139. The van der Waals surface area contributed by atoms with Crippen LogP contribution in [-0.4, -0.2) is 35.0 Å². The predicted octanol–water partition coefficient (Wildman–Crippen LogP) is 2.79. The molecular weight excluding hydrogens is 273 g/mol. The molecule has 0 unspecified atom stereocenters.